The molecule has 118 valence electrons. The molecule has 4 heteroatoms. The van der Waals surface area contributed by atoms with Crippen LogP contribution in [0.2, 0.25) is 0 Å². The molecule has 0 saturated heterocycles. The molecule has 0 bridgehead atoms. The van der Waals surface area contributed by atoms with Crippen LogP contribution in [0.3, 0.4) is 0 Å². The first-order chi connectivity index (χ1) is 9.46. The molecule has 21 heavy (non-hydrogen) atoms. The van der Waals surface area contributed by atoms with Gasteiger partial charge in [-0.2, -0.15) is 0 Å². The number of nitrogens with one attached hydrogen (secondary N) is 1. The zero-order valence-corrected chi connectivity index (χ0v) is 14.2. The van der Waals surface area contributed by atoms with Crippen molar-refractivity contribution in [3.63, 3.8) is 0 Å². The monoisotopic (exact) mass is 292 g/mol. The van der Waals surface area contributed by atoms with Crippen LogP contribution < -0.4 is 15.8 Å². The van der Waals surface area contributed by atoms with E-state index in [1.54, 1.807) is 7.11 Å². The maximum atomic E-state index is 12.3. The van der Waals surface area contributed by atoms with Crippen LogP contribution >= 0.6 is 0 Å². The summed E-state index contributed by atoms with van der Waals surface area (Å²) in [5.41, 5.74) is 7.50. The number of amides is 1. The number of carbonyl (C=O) groups is 1. The molecular weight excluding hydrogens is 264 g/mol. The summed E-state index contributed by atoms with van der Waals surface area (Å²) in [6.07, 6.45) is 0. The third kappa shape index (κ3) is 4.46. The summed E-state index contributed by atoms with van der Waals surface area (Å²) in [6, 6.07) is 5.25. The minimum Gasteiger partial charge on any atom is -0.495 e. The van der Waals surface area contributed by atoms with E-state index in [2.05, 4.69) is 26.1 Å². The third-order valence-electron chi connectivity index (χ3n) is 3.54. The van der Waals surface area contributed by atoms with Gasteiger partial charge in [0.05, 0.1) is 18.8 Å². The Kier molecular flexibility index (Phi) is 5.05. The van der Waals surface area contributed by atoms with Gasteiger partial charge in [-0.3, -0.25) is 4.79 Å². The van der Waals surface area contributed by atoms with E-state index in [-0.39, 0.29) is 16.7 Å². The van der Waals surface area contributed by atoms with Gasteiger partial charge in [0.15, 0.2) is 0 Å². The van der Waals surface area contributed by atoms with Crippen LogP contribution in [0.5, 0.6) is 5.75 Å². The first-order valence-corrected chi connectivity index (χ1v) is 7.22. The van der Waals surface area contributed by atoms with Gasteiger partial charge < -0.3 is 15.8 Å². The highest BCUT2D eigenvalue weighted by atomic mass is 16.5. The van der Waals surface area contributed by atoms with Crippen LogP contribution in [-0.4, -0.2) is 19.1 Å². The number of nitrogens with two attached hydrogens (primary N) is 1. The Morgan fingerprint density at radius 3 is 2.19 bits per heavy atom. The summed E-state index contributed by atoms with van der Waals surface area (Å²) in [6.45, 7) is 12.2. The van der Waals surface area contributed by atoms with Crippen LogP contribution in [0.15, 0.2) is 18.2 Å². The molecule has 0 aliphatic rings. The Labute approximate surface area is 128 Å². The number of methoxy groups -OCH3 is 1. The fraction of sp³-hybridized carbons (Fsp3) is 0.588. The van der Waals surface area contributed by atoms with Crippen molar-refractivity contribution in [3.8, 4) is 5.75 Å². The predicted molar refractivity (Wildman–Crippen MR) is 87.8 cm³/mol. The quantitative estimate of drug-likeness (QED) is 0.898. The Bertz CT molecular complexity index is 511. The molecule has 1 aromatic carbocycles. The van der Waals surface area contributed by atoms with Crippen molar-refractivity contribution in [2.75, 3.05) is 12.4 Å². The van der Waals surface area contributed by atoms with E-state index < -0.39 is 6.04 Å². The van der Waals surface area contributed by atoms with E-state index in [0.29, 0.717) is 11.4 Å². The number of ether oxygens (including phenoxy) is 1. The first-order valence-electron chi connectivity index (χ1n) is 7.22. The smallest absolute Gasteiger partial charge is 0.241 e. The van der Waals surface area contributed by atoms with Crippen molar-refractivity contribution >= 4 is 11.6 Å². The highest BCUT2D eigenvalue weighted by Crippen LogP contribution is 2.32. The molecule has 0 saturated carbocycles. The molecule has 0 aliphatic carbocycles. The van der Waals surface area contributed by atoms with Crippen LogP contribution in [-0.2, 0) is 10.2 Å². The lowest BCUT2D eigenvalue weighted by molar-refractivity contribution is -0.119. The highest BCUT2D eigenvalue weighted by molar-refractivity contribution is 5.96. The zero-order chi connectivity index (χ0) is 16.4. The topological polar surface area (TPSA) is 64.3 Å². The molecule has 0 aromatic heterocycles. The van der Waals surface area contributed by atoms with Gasteiger partial charge in [-0.1, -0.05) is 47.6 Å². The van der Waals surface area contributed by atoms with Gasteiger partial charge in [-0.25, -0.2) is 0 Å². The number of hydrogen-bond donors (Lipinski definition) is 2. The van der Waals surface area contributed by atoms with Crippen molar-refractivity contribution in [1.29, 1.82) is 0 Å². The van der Waals surface area contributed by atoms with E-state index in [0.717, 1.165) is 5.56 Å². The SMILES string of the molecule is COc1ccc(C(C)(C)C)cc1NC(=O)C(N)C(C)(C)C. The molecule has 1 rings (SSSR count). The largest absolute Gasteiger partial charge is 0.495 e. The number of hydrogen-bond acceptors (Lipinski definition) is 3. The maximum absolute atomic E-state index is 12.3. The number of benzene rings is 1. The van der Waals surface area contributed by atoms with Gasteiger partial charge in [0.1, 0.15) is 5.75 Å². The molecule has 4 nitrogen and oxygen atoms in total. The standard InChI is InChI=1S/C17H28N2O2/c1-16(2,3)11-8-9-13(21-7)12(10-11)19-15(20)14(18)17(4,5)6/h8-10,14H,18H2,1-7H3,(H,19,20). The summed E-state index contributed by atoms with van der Waals surface area (Å²) in [5, 5.41) is 2.89. The van der Waals surface area contributed by atoms with Crippen molar-refractivity contribution in [2.24, 2.45) is 11.1 Å². The molecule has 3 N–H and O–H groups in total. The minimum absolute atomic E-state index is 0.00209. The second-order valence-corrected chi connectivity index (χ2v) is 7.50. The summed E-state index contributed by atoms with van der Waals surface area (Å²) in [5.74, 6) is 0.435. The summed E-state index contributed by atoms with van der Waals surface area (Å²) in [4.78, 5) is 12.3. The average molecular weight is 292 g/mol. The Hall–Kier alpha value is -1.55. The van der Waals surface area contributed by atoms with E-state index >= 15 is 0 Å². The molecule has 0 spiro atoms. The Morgan fingerprint density at radius 2 is 1.76 bits per heavy atom. The number of carbonyl (C=O) groups excluding carboxylic acids is 1. The predicted octanol–water partition coefficient (Wildman–Crippen LogP) is 3.30. The first kappa shape index (κ1) is 17.5. The van der Waals surface area contributed by atoms with Crippen molar-refractivity contribution in [3.05, 3.63) is 23.8 Å². The van der Waals surface area contributed by atoms with Gasteiger partial charge in [-0.15, -0.1) is 0 Å². The van der Waals surface area contributed by atoms with Gasteiger partial charge in [-0.05, 0) is 28.5 Å². The molecule has 1 unspecified atom stereocenters. The molecule has 0 aliphatic heterocycles. The lowest BCUT2D eigenvalue weighted by Gasteiger charge is -2.27. The highest BCUT2D eigenvalue weighted by Gasteiger charge is 2.28. The van der Waals surface area contributed by atoms with Gasteiger partial charge in [0.25, 0.3) is 0 Å². The van der Waals surface area contributed by atoms with Crippen LogP contribution in [0.4, 0.5) is 5.69 Å². The van der Waals surface area contributed by atoms with Crippen molar-refractivity contribution < 1.29 is 9.53 Å². The Balaban J connectivity index is 3.09. The second-order valence-electron chi connectivity index (χ2n) is 7.50. The van der Waals surface area contributed by atoms with Gasteiger partial charge in [0, 0.05) is 0 Å². The lowest BCUT2D eigenvalue weighted by atomic mass is 9.86. The normalized spacial score (nSPS) is 13.7. The summed E-state index contributed by atoms with van der Waals surface area (Å²) >= 11 is 0. The van der Waals surface area contributed by atoms with Gasteiger partial charge >= 0.3 is 0 Å². The summed E-state index contributed by atoms with van der Waals surface area (Å²) in [7, 11) is 1.59. The van der Waals surface area contributed by atoms with E-state index in [1.807, 2.05) is 39.0 Å². The molecular formula is C17H28N2O2. The second kappa shape index (κ2) is 6.06. The van der Waals surface area contributed by atoms with Crippen LogP contribution in [0, 0.1) is 5.41 Å². The van der Waals surface area contributed by atoms with E-state index in [9.17, 15) is 4.79 Å². The van der Waals surface area contributed by atoms with Crippen LogP contribution in [0.25, 0.3) is 0 Å². The number of rotatable bonds is 3. The van der Waals surface area contributed by atoms with Crippen molar-refractivity contribution in [2.45, 2.75) is 53.0 Å². The molecule has 1 aromatic rings. The minimum atomic E-state index is -0.583. The molecule has 0 fully saturated rings. The fourth-order valence-electron chi connectivity index (χ4n) is 1.88. The zero-order valence-electron chi connectivity index (χ0n) is 14.2. The number of anilines is 1. The molecule has 1 amide bonds. The molecule has 1 atom stereocenters. The van der Waals surface area contributed by atoms with E-state index in [1.165, 1.54) is 0 Å². The lowest BCUT2D eigenvalue weighted by Crippen LogP contribution is -2.45. The molecule has 0 heterocycles. The average Bonchev–Trinajstić information content (AvgIpc) is 2.35. The molecule has 0 radical (unpaired) electrons. The maximum Gasteiger partial charge on any atom is 0.241 e. The third-order valence-corrected chi connectivity index (χ3v) is 3.54. The summed E-state index contributed by atoms with van der Waals surface area (Å²) < 4.78 is 5.32. The van der Waals surface area contributed by atoms with Crippen molar-refractivity contribution in [1.82, 2.24) is 0 Å². The fourth-order valence-corrected chi connectivity index (χ4v) is 1.88. The van der Waals surface area contributed by atoms with Crippen LogP contribution in [0.1, 0.15) is 47.1 Å². The van der Waals surface area contributed by atoms with Gasteiger partial charge in [0.2, 0.25) is 5.91 Å². The van der Waals surface area contributed by atoms with E-state index in [4.69, 9.17) is 10.5 Å². The Morgan fingerprint density at radius 1 is 1.19 bits per heavy atom.